The fourth-order valence-corrected chi connectivity index (χ4v) is 9.79. The van der Waals surface area contributed by atoms with E-state index in [0.29, 0.717) is 6.54 Å². The summed E-state index contributed by atoms with van der Waals surface area (Å²) in [6, 6.07) is -3.49. The zero-order chi connectivity index (χ0) is 74.6. The van der Waals surface area contributed by atoms with Crippen LogP contribution in [0.15, 0.2) is 0 Å². The third-order valence-electron chi connectivity index (χ3n) is 15.0. The zero-order valence-corrected chi connectivity index (χ0v) is 58.8. The molecule has 2 fully saturated rings. The van der Waals surface area contributed by atoms with Crippen molar-refractivity contribution in [2.75, 3.05) is 191 Å². The fourth-order valence-electron chi connectivity index (χ4n) is 9.79. The molecule has 0 saturated carbocycles. The molecule has 13 atom stereocenters. The van der Waals surface area contributed by atoms with Gasteiger partial charge in [0.15, 0.2) is 25.2 Å². The Labute approximate surface area is 588 Å². The van der Waals surface area contributed by atoms with Crippen molar-refractivity contribution in [3.8, 4) is 0 Å². The molecule has 0 aromatic heterocycles. The molecule has 0 bridgehead atoms. The van der Waals surface area contributed by atoms with Gasteiger partial charge in [-0.15, -0.1) is 0 Å². The number of hydrogen-bond acceptors (Lipinski definition) is 32. The van der Waals surface area contributed by atoms with Crippen molar-refractivity contribution in [3.63, 3.8) is 0 Å². The normalized spacial score (nSPS) is 22.2. The Bertz CT molecular complexity index is 2140. The number of aliphatic hydroxyl groups excluding tert-OH is 8. The average Bonchev–Trinajstić information content (AvgIpc) is 0.823. The molecular weight excluding hydrogens is 1350 g/mol. The third-order valence-corrected chi connectivity index (χ3v) is 15.0. The summed E-state index contributed by atoms with van der Waals surface area (Å²) in [7, 11) is 0. The first-order valence-electron chi connectivity index (χ1n) is 34.1. The van der Waals surface area contributed by atoms with Gasteiger partial charge in [0.2, 0.25) is 41.4 Å². The van der Waals surface area contributed by atoms with E-state index in [2.05, 4.69) is 42.5 Å². The first-order chi connectivity index (χ1) is 48.5. The van der Waals surface area contributed by atoms with Crippen LogP contribution in [0, 0.1) is 0 Å². The van der Waals surface area contributed by atoms with E-state index in [4.69, 9.17) is 71.1 Å². The Balaban J connectivity index is 1.86. The van der Waals surface area contributed by atoms with Gasteiger partial charge in [-0.05, 0) is 32.7 Å². The van der Waals surface area contributed by atoms with Gasteiger partial charge in [0.05, 0.1) is 171 Å². The summed E-state index contributed by atoms with van der Waals surface area (Å²) < 4.78 is 83.4. The third kappa shape index (κ3) is 42.1. The minimum atomic E-state index is -2.01. The lowest BCUT2D eigenvalue weighted by Crippen LogP contribution is -2.64. The molecule has 2 aliphatic rings. The molecule has 2 rings (SSSR count). The van der Waals surface area contributed by atoms with Crippen LogP contribution in [-0.2, 0) is 105 Å². The molecular formula is C62H116N8O31. The van der Waals surface area contributed by atoms with Crippen LogP contribution in [0.25, 0.3) is 0 Å². The van der Waals surface area contributed by atoms with Gasteiger partial charge in [-0.25, -0.2) is 0 Å². The van der Waals surface area contributed by atoms with Crippen molar-refractivity contribution >= 4 is 41.4 Å². The Morgan fingerprint density at radius 3 is 1.13 bits per heavy atom. The van der Waals surface area contributed by atoms with Gasteiger partial charge in [-0.3, -0.25) is 33.6 Å². The monoisotopic (exact) mass is 1470 g/mol. The number of carbonyl (C=O) groups is 7. The molecule has 590 valence electrons. The summed E-state index contributed by atoms with van der Waals surface area (Å²) in [5.74, 6) is -3.04. The topological polar surface area (TPSA) is 536 Å². The van der Waals surface area contributed by atoms with Crippen LogP contribution >= 0.6 is 0 Å². The maximum atomic E-state index is 13.4. The van der Waals surface area contributed by atoms with Crippen molar-refractivity contribution in [2.45, 2.75) is 165 Å². The van der Waals surface area contributed by atoms with E-state index in [1.807, 2.05) is 6.92 Å². The van der Waals surface area contributed by atoms with Gasteiger partial charge in [-0.1, -0.05) is 6.92 Å². The summed E-state index contributed by atoms with van der Waals surface area (Å²) in [5.41, 5.74) is -1.20. The van der Waals surface area contributed by atoms with Crippen molar-refractivity contribution in [1.29, 1.82) is 0 Å². The molecule has 39 heteroatoms. The van der Waals surface area contributed by atoms with E-state index in [-0.39, 0.29) is 228 Å². The van der Waals surface area contributed by atoms with Crippen molar-refractivity contribution in [1.82, 2.24) is 42.5 Å². The van der Waals surface area contributed by atoms with Crippen LogP contribution in [0.4, 0.5) is 0 Å². The summed E-state index contributed by atoms with van der Waals surface area (Å²) in [5, 5.41) is 111. The highest BCUT2D eigenvalue weighted by molar-refractivity contribution is 5.81. The highest BCUT2D eigenvalue weighted by Gasteiger charge is 2.47. The minimum Gasteiger partial charge on any atom is -0.394 e. The second-order valence-corrected chi connectivity index (χ2v) is 23.3. The molecule has 17 N–H and O–H groups in total. The summed E-state index contributed by atoms with van der Waals surface area (Å²) in [6.07, 6.45) is -14.4. The van der Waals surface area contributed by atoms with Gasteiger partial charge in [0.25, 0.3) is 0 Å². The average molecular weight is 1470 g/mol. The van der Waals surface area contributed by atoms with Gasteiger partial charge in [-0.2, -0.15) is 0 Å². The lowest BCUT2D eigenvalue weighted by Gasteiger charge is -2.42. The molecule has 0 aliphatic carbocycles. The van der Waals surface area contributed by atoms with Crippen LogP contribution in [0.2, 0.25) is 0 Å². The van der Waals surface area contributed by atoms with Crippen LogP contribution in [-0.4, -0.2) is 370 Å². The van der Waals surface area contributed by atoms with E-state index in [9.17, 15) is 79.5 Å². The van der Waals surface area contributed by atoms with E-state index in [0.717, 1.165) is 0 Å². The maximum Gasteiger partial charge on any atom is 0.234 e. The molecule has 7 amide bonds. The van der Waals surface area contributed by atoms with Crippen LogP contribution in [0.5, 0.6) is 0 Å². The van der Waals surface area contributed by atoms with Crippen molar-refractivity contribution in [2.24, 2.45) is 0 Å². The molecule has 0 radical (unpaired) electrons. The second-order valence-electron chi connectivity index (χ2n) is 23.3. The summed E-state index contributed by atoms with van der Waals surface area (Å²) >= 11 is 0. The van der Waals surface area contributed by atoms with Crippen LogP contribution in [0.3, 0.4) is 0 Å². The van der Waals surface area contributed by atoms with Crippen LogP contribution < -0.4 is 42.5 Å². The lowest BCUT2D eigenvalue weighted by atomic mass is 9.83. The van der Waals surface area contributed by atoms with Crippen LogP contribution in [0.1, 0.15) is 73.1 Å². The molecule has 101 heavy (non-hydrogen) atoms. The van der Waals surface area contributed by atoms with E-state index in [1.165, 1.54) is 27.7 Å². The number of ether oxygens (including phenoxy) is 15. The quantitative estimate of drug-likeness (QED) is 0.0199. The van der Waals surface area contributed by atoms with E-state index >= 15 is 0 Å². The standard InChI is InChI=1S/C62H116N8O31/c1-6-63-37-50(80)70-62(12-9-49(79)66-15-18-89-21-24-92-27-30-95-33-36-98-61(99-41(2)38-71)53(58(85)86)69-44(5)76,10-7-47(77)64-13-16-87-19-22-90-25-28-93-31-34-96-59-51(67-42(3)74)56(83)54(81)45(39-72)100-59)11-8-48(78)65-14-17-88-20-23-91-26-29-94-32-35-97-60-52(68-43(4)75)57(84)55(82)46(40-73)101-60/h41,45-46,51-61,63,71-73,81-86H,6-40H2,1-5H3,(H,64,77)(H,65,78)(H,66,79)(H,67,74)(H,68,75)(H,69,76)(H,70,80). The Kier molecular flexibility index (Phi) is 51.8. The second kappa shape index (κ2) is 56.6. The SMILES string of the molecule is CCNCC(=O)NC(CCC(=O)NCCOCCOCCOCCOC(OC(C)CO)C(NC(C)=O)C(O)O)(CCC(=O)NCCOCCOCCOCCOC1OC(CO)C(O)C(O)C1NC(C)=O)CCC(=O)NCCOCCOCCOCCOC1OC(CO)C(O)C(O)C1NC(C)=O. The Morgan fingerprint density at radius 2 is 0.812 bits per heavy atom. The molecule has 2 saturated heterocycles. The number of hydrogen-bond donors (Lipinski definition) is 17. The fraction of sp³-hybridized carbons (Fsp3) is 0.887. The molecule has 2 heterocycles. The van der Waals surface area contributed by atoms with Gasteiger partial charge >= 0.3 is 0 Å². The number of nitrogens with one attached hydrogen (secondary N) is 8. The molecule has 0 aromatic rings. The highest BCUT2D eigenvalue weighted by Crippen LogP contribution is 2.27. The largest absolute Gasteiger partial charge is 0.394 e. The maximum absolute atomic E-state index is 13.4. The first-order valence-corrected chi connectivity index (χ1v) is 34.1. The van der Waals surface area contributed by atoms with Crippen molar-refractivity contribution in [3.05, 3.63) is 0 Å². The summed E-state index contributed by atoms with van der Waals surface area (Å²) in [6.45, 7) is 9.23. The predicted molar refractivity (Wildman–Crippen MR) is 349 cm³/mol. The molecule has 0 aromatic carbocycles. The number of carbonyl (C=O) groups excluding carboxylic acids is 7. The number of aliphatic hydroxyl groups is 9. The molecule has 0 spiro atoms. The smallest absolute Gasteiger partial charge is 0.234 e. The summed E-state index contributed by atoms with van der Waals surface area (Å²) in [4.78, 5) is 88.3. The number of likely N-dealkylation sites (N-methyl/N-ethyl adjacent to an activating group) is 1. The number of amides is 7. The van der Waals surface area contributed by atoms with E-state index in [1.54, 1.807) is 0 Å². The first kappa shape index (κ1) is 92.4. The highest BCUT2D eigenvalue weighted by atomic mass is 16.7. The van der Waals surface area contributed by atoms with E-state index < -0.39 is 128 Å². The Morgan fingerprint density at radius 1 is 0.465 bits per heavy atom. The lowest BCUT2D eigenvalue weighted by molar-refractivity contribution is -0.272. The predicted octanol–water partition coefficient (Wildman–Crippen LogP) is -8.23. The van der Waals surface area contributed by atoms with Gasteiger partial charge in [0, 0.05) is 65.2 Å². The number of rotatable bonds is 62. The molecule has 39 nitrogen and oxygen atoms in total. The van der Waals surface area contributed by atoms with Gasteiger partial charge in [0.1, 0.15) is 54.7 Å². The zero-order valence-electron chi connectivity index (χ0n) is 58.8. The molecule has 2 aliphatic heterocycles. The Hall–Kier alpha value is -4.71. The molecule has 13 unspecified atom stereocenters. The van der Waals surface area contributed by atoms with Crippen molar-refractivity contribution < 1.29 is 151 Å². The minimum absolute atomic E-state index is 0.00316. The van der Waals surface area contributed by atoms with Gasteiger partial charge < -0.3 is 160 Å².